The van der Waals surface area contributed by atoms with E-state index in [0.717, 1.165) is 12.8 Å². The van der Waals surface area contributed by atoms with Crippen LogP contribution in [0.5, 0.6) is 0 Å². The Hall–Kier alpha value is -0.650. The Labute approximate surface area is 186 Å². The molecule has 5 nitrogen and oxygen atoms in total. The number of hydrogen-bond acceptors (Lipinski definition) is 5. The minimum Gasteiger partial charge on any atom is -0.457 e. The third kappa shape index (κ3) is 18.1. The van der Waals surface area contributed by atoms with Crippen molar-refractivity contribution < 1.29 is 23.7 Å². The van der Waals surface area contributed by atoms with E-state index in [1.807, 2.05) is 0 Å². The van der Waals surface area contributed by atoms with Gasteiger partial charge in [0.1, 0.15) is 6.10 Å². The molecule has 0 fully saturated rings. The average Bonchev–Trinajstić information content (AvgIpc) is 2.74. The third-order valence-corrected chi connectivity index (χ3v) is 5.65. The molecule has 0 aliphatic carbocycles. The summed E-state index contributed by atoms with van der Waals surface area (Å²) in [5, 5.41) is 0. The van der Waals surface area contributed by atoms with Crippen molar-refractivity contribution in [1.29, 1.82) is 0 Å². The van der Waals surface area contributed by atoms with Crippen LogP contribution in [-0.2, 0) is 23.7 Å². The summed E-state index contributed by atoms with van der Waals surface area (Å²) in [6, 6.07) is 0. The van der Waals surface area contributed by atoms with Gasteiger partial charge in [-0.15, -0.1) is 0 Å². The highest BCUT2D eigenvalue weighted by Gasteiger charge is 2.25. The van der Waals surface area contributed by atoms with Crippen molar-refractivity contribution in [2.75, 3.05) is 34.5 Å². The average molecular weight is 431 g/mol. The molecule has 0 spiro atoms. The second-order valence-electron chi connectivity index (χ2n) is 8.41. The van der Waals surface area contributed by atoms with Crippen molar-refractivity contribution in [1.82, 2.24) is 0 Å². The summed E-state index contributed by atoms with van der Waals surface area (Å²) in [5.41, 5.74) is 0. The van der Waals surface area contributed by atoms with Crippen LogP contribution in [0.15, 0.2) is 0 Å². The molecule has 0 aromatic carbocycles. The van der Waals surface area contributed by atoms with Gasteiger partial charge in [0.15, 0.2) is 6.10 Å². The molecule has 0 saturated carbocycles. The highest BCUT2D eigenvalue weighted by molar-refractivity contribution is 5.69. The Bertz CT molecular complexity index is 361. The number of esters is 1. The first-order chi connectivity index (χ1) is 14.7. The maximum Gasteiger partial charge on any atom is 0.306 e. The van der Waals surface area contributed by atoms with Crippen LogP contribution in [0.2, 0.25) is 0 Å². The zero-order chi connectivity index (χ0) is 22.3. The van der Waals surface area contributed by atoms with Crippen molar-refractivity contribution in [2.45, 2.75) is 122 Å². The van der Waals surface area contributed by atoms with E-state index in [1.165, 1.54) is 83.5 Å². The molecule has 0 heterocycles. The molecule has 180 valence electrons. The lowest BCUT2D eigenvalue weighted by molar-refractivity contribution is -0.163. The molecular formula is C25H50O5. The molecule has 0 aliphatic rings. The fraction of sp³-hybridized carbons (Fsp3) is 0.960. The summed E-state index contributed by atoms with van der Waals surface area (Å²) in [4.78, 5) is 12.1. The van der Waals surface area contributed by atoms with Crippen LogP contribution in [0.1, 0.15) is 110 Å². The van der Waals surface area contributed by atoms with Crippen molar-refractivity contribution in [3.05, 3.63) is 0 Å². The van der Waals surface area contributed by atoms with E-state index in [2.05, 4.69) is 6.92 Å². The summed E-state index contributed by atoms with van der Waals surface area (Å²) < 4.78 is 21.2. The van der Waals surface area contributed by atoms with Crippen LogP contribution >= 0.6 is 0 Å². The third-order valence-electron chi connectivity index (χ3n) is 5.65. The SMILES string of the molecule is CCCCCCCCCCCCCCCCCC(=O)OC(COC)C(COC)OC. The van der Waals surface area contributed by atoms with Gasteiger partial charge < -0.3 is 18.9 Å². The topological polar surface area (TPSA) is 54.0 Å². The van der Waals surface area contributed by atoms with Gasteiger partial charge in [0.25, 0.3) is 0 Å². The molecule has 0 radical (unpaired) electrons. The van der Waals surface area contributed by atoms with E-state index in [0.29, 0.717) is 19.6 Å². The largest absolute Gasteiger partial charge is 0.457 e. The van der Waals surface area contributed by atoms with Gasteiger partial charge in [-0.25, -0.2) is 0 Å². The summed E-state index contributed by atoms with van der Waals surface area (Å²) >= 11 is 0. The number of unbranched alkanes of at least 4 members (excludes halogenated alkanes) is 14. The van der Waals surface area contributed by atoms with E-state index in [4.69, 9.17) is 18.9 Å². The van der Waals surface area contributed by atoms with Crippen molar-refractivity contribution in [2.24, 2.45) is 0 Å². The highest BCUT2D eigenvalue weighted by Crippen LogP contribution is 2.14. The minimum atomic E-state index is -0.427. The molecule has 0 aromatic rings. The molecule has 0 aliphatic heterocycles. The van der Waals surface area contributed by atoms with Gasteiger partial charge in [0.05, 0.1) is 13.2 Å². The van der Waals surface area contributed by atoms with E-state index < -0.39 is 6.10 Å². The van der Waals surface area contributed by atoms with Crippen LogP contribution in [0.3, 0.4) is 0 Å². The fourth-order valence-corrected chi connectivity index (χ4v) is 3.74. The summed E-state index contributed by atoms with van der Waals surface area (Å²) in [6.07, 6.45) is 19.5. The molecule has 0 rings (SSSR count). The summed E-state index contributed by atoms with van der Waals surface area (Å²) in [7, 11) is 4.79. The second-order valence-corrected chi connectivity index (χ2v) is 8.41. The van der Waals surface area contributed by atoms with Crippen LogP contribution in [0.25, 0.3) is 0 Å². The van der Waals surface area contributed by atoms with Crippen molar-refractivity contribution >= 4 is 5.97 Å². The molecule has 2 atom stereocenters. The monoisotopic (exact) mass is 430 g/mol. The van der Waals surface area contributed by atoms with Gasteiger partial charge in [-0.05, 0) is 6.42 Å². The second kappa shape index (κ2) is 23.0. The summed E-state index contributed by atoms with van der Waals surface area (Å²) in [6.45, 7) is 2.96. The van der Waals surface area contributed by atoms with E-state index >= 15 is 0 Å². The van der Waals surface area contributed by atoms with E-state index in [-0.39, 0.29) is 12.1 Å². The van der Waals surface area contributed by atoms with Crippen LogP contribution < -0.4 is 0 Å². The van der Waals surface area contributed by atoms with E-state index in [1.54, 1.807) is 21.3 Å². The zero-order valence-corrected chi connectivity index (χ0v) is 20.4. The lowest BCUT2D eigenvalue weighted by atomic mass is 10.0. The lowest BCUT2D eigenvalue weighted by Gasteiger charge is -2.24. The van der Waals surface area contributed by atoms with Crippen LogP contribution in [-0.4, -0.2) is 52.7 Å². The molecular weight excluding hydrogens is 380 g/mol. The van der Waals surface area contributed by atoms with Gasteiger partial charge in [0.2, 0.25) is 0 Å². The number of carbonyl (C=O) groups is 1. The number of carbonyl (C=O) groups excluding carboxylic acids is 1. The number of methoxy groups -OCH3 is 3. The van der Waals surface area contributed by atoms with Gasteiger partial charge in [-0.1, -0.05) is 96.8 Å². The highest BCUT2D eigenvalue weighted by atomic mass is 16.6. The number of ether oxygens (including phenoxy) is 4. The first-order valence-electron chi connectivity index (χ1n) is 12.4. The number of rotatable bonds is 23. The van der Waals surface area contributed by atoms with Gasteiger partial charge in [-0.3, -0.25) is 4.79 Å². The maximum atomic E-state index is 12.1. The predicted molar refractivity (Wildman–Crippen MR) is 124 cm³/mol. The Morgan fingerprint density at radius 2 is 1.00 bits per heavy atom. The molecule has 0 saturated heterocycles. The molecule has 0 aromatic heterocycles. The van der Waals surface area contributed by atoms with Gasteiger partial charge in [-0.2, -0.15) is 0 Å². The van der Waals surface area contributed by atoms with Gasteiger partial charge in [0, 0.05) is 27.8 Å². The Balaban J connectivity index is 3.55. The maximum absolute atomic E-state index is 12.1. The first-order valence-corrected chi connectivity index (χ1v) is 12.4. The van der Waals surface area contributed by atoms with E-state index in [9.17, 15) is 4.79 Å². The zero-order valence-electron chi connectivity index (χ0n) is 20.4. The van der Waals surface area contributed by atoms with Gasteiger partial charge >= 0.3 is 5.97 Å². The number of hydrogen-bond donors (Lipinski definition) is 0. The predicted octanol–water partition coefficient (Wildman–Crippen LogP) is 6.47. The smallest absolute Gasteiger partial charge is 0.306 e. The van der Waals surface area contributed by atoms with Crippen molar-refractivity contribution in [3.8, 4) is 0 Å². The molecule has 0 amide bonds. The van der Waals surface area contributed by atoms with Crippen molar-refractivity contribution in [3.63, 3.8) is 0 Å². The minimum absolute atomic E-state index is 0.176. The van der Waals surface area contributed by atoms with Crippen LogP contribution in [0.4, 0.5) is 0 Å². The Kier molecular flexibility index (Phi) is 22.5. The Morgan fingerprint density at radius 3 is 1.40 bits per heavy atom. The fourth-order valence-electron chi connectivity index (χ4n) is 3.74. The molecule has 2 unspecified atom stereocenters. The first kappa shape index (κ1) is 29.4. The Morgan fingerprint density at radius 1 is 0.600 bits per heavy atom. The summed E-state index contributed by atoms with van der Waals surface area (Å²) in [5.74, 6) is -0.176. The lowest BCUT2D eigenvalue weighted by Crippen LogP contribution is -2.39. The molecule has 0 bridgehead atoms. The molecule has 0 N–H and O–H groups in total. The standard InChI is InChI=1S/C25H50O5/c1-5-6-7-8-9-10-11-12-13-14-15-16-17-18-19-20-25(26)30-24(22-28-3)23(29-4)21-27-2/h23-24H,5-22H2,1-4H3. The van der Waals surface area contributed by atoms with Crippen LogP contribution in [0, 0.1) is 0 Å². The normalized spacial score (nSPS) is 13.3. The molecule has 30 heavy (non-hydrogen) atoms. The molecule has 5 heteroatoms. The quantitative estimate of drug-likeness (QED) is 0.137.